The van der Waals surface area contributed by atoms with E-state index in [1.807, 2.05) is 13.8 Å². The Morgan fingerprint density at radius 2 is 1.70 bits per heavy atom. The van der Waals surface area contributed by atoms with E-state index in [2.05, 4.69) is 10.6 Å². The molecule has 0 aliphatic rings. The fourth-order valence-corrected chi connectivity index (χ4v) is 2.66. The number of carbonyl (C=O) groups excluding carboxylic acids is 3. The van der Waals surface area contributed by atoms with E-state index in [-0.39, 0.29) is 49.3 Å². The molecule has 9 nitrogen and oxygen atoms in total. The van der Waals surface area contributed by atoms with Gasteiger partial charge in [0.05, 0.1) is 25.7 Å². The van der Waals surface area contributed by atoms with Crippen LogP contribution in [0.15, 0.2) is 0 Å². The van der Waals surface area contributed by atoms with Crippen molar-refractivity contribution in [2.75, 3.05) is 45.8 Å². The SMILES string of the molecule is CSC(=O)COCCOCCNC(=O)CC[C@H](CC(=O)CCCNC(C)C)C(=O)O. The van der Waals surface area contributed by atoms with Crippen LogP contribution >= 0.6 is 11.8 Å². The molecule has 0 aliphatic carbocycles. The number of rotatable bonds is 19. The molecule has 30 heavy (non-hydrogen) atoms. The minimum atomic E-state index is -1.06. The predicted octanol–water partition coefficient (Wildman–Crippen LogP) is 1.24. The third kappa shape index (κ3) is 17.4. The lowest BCUT2D eigenvalue weighted by Gasteiger charge is -2.12. The van der Waals surface area contributed by atoms with Gasteiger partial charge < -0.3 is 25.2 Å². The number of carboxylic acids is 1. The van der Waals surface area contributed by atoms with Crippen LogP contribution in [-0.4, -0.2) is 79.7 Å². The zero-order valence-corrected chi connectivity index (χ0v) is 19.1. The molecular weight excluding hydrogens is 412 g/mol. The lowest BCUT2D eigenvalue weighted by Crippen LogP contribution is -2.29. The molecule has 0 unspecified atom stereocenters. The second-order valence-corrected chi connectivity index (χ2v) is 7.98. The van der Waals surface area contributed by atoms with Crippen molar-refractivity contribution in [3.8, 4) is 0 Å². The normalized spacial score (nSPS) is 12.0. The number of hydrogen-bond donors (Lipinski definition) is 3. The number of amides is 1. The van der Waals surface area contributed by atoms with E-state index in [0.717, 1.165) is 11.8 Å². The summed E-state index contributed by atoms with van der Waals surface area (Å²) in [5.41, 5.74) is 0. The zero-order chi connectivity index (χ0) is 22.8. The first kappa shape index (κ1) is 28.5. The molecule has 0 spiro atoms. The van der Waals surface area contributed by atoms with Gasteiger partial charge in [0.15, 0.2) is 0 Å². The summed E-state index contributed by atoms with van der Waals surface area (Å²) in [6, 6.07) is 0.347. The molecule has 0 saturated carbocycles. The fraction of sp³-hybridized carbons (Fsp3) is 0.800. The summed E-state index contributed by atoms with van der Waals surface area (Å²) in [6.07, 6.45) is 2.81. The van der Waals surface area contributed by atoms with Crippen LogP contribution in [0.1, 0.15) is 46.0 Å². The van der Waals surface area contributed by atoms with Gasteiger partial charge in [-0.15, -0.1) is 0 Å². The number of ether oxygens (including phenoxy) is 2. The molecule has 0 rings (SSSR count). The van der Waals surface area contributed by atoms with Crippen molar-refractivity contribution in [1.29, 1.82) is 0 Å². The zero-order valence-electron chi connectivity index (χ0n) is 18.2. The highest BCUT2D eigenvalue weighted by atomic mass is 32.2. The standard InChI is InChI=1S/C20H36N2O7S/c1-15(2)21-8-4-5-17(23)13-16(20(26)27)6-7-18(24)22-9-10-28-11-12-29-14-19(25)30-3/h15-16,21H,4-14H2,1-3H3,(H,22,24)(H,26,27)/t16-/m1/s1. The molecule has 0 aliphatic heterocycles. The van der Waals surface area contributed by atoms with Crippen molar-refractivity contribution in [3.63, 3.8) is 0 Å². The summed E-state index contributed by atoms with van der Waals surface area (Å²) in [5, 5.41) is 15.1. The van der Waals surface area contributed by atoms with Gasteiger partial charge in [0.2, 0.25) is 11.0 Å². The number of aliphatic carboxylic acids is 1. The summed E-state index contributed by atoms with van der Waals surface area (Å²) >= 11 is 1.11. The Morgan fingerprint density at radius 3 is 2.33 bits per heavy atom. The second kappa shape index (κ2) is 18.3. The number of carbonyl (C=O) groups is 4. The third-order valence-corrected chi connectivity index (χ3v) is 4.69. The smallest absolute Gasteiger partial charge is 0.306 e. The van der Waals surface area contributed by atoms with Crippen molar-refractivity contribution >= 4 is 34.5 Å². The van der Waals surface area contributed by atoms with Crippen LogP contribution in [0, 0.1) is 5.92 Å². The summed E-state index contributed by atoms with van der Waals surface area (Å²) in [4.78, 5) is 46.2. The molecule has 10 heteroatoms. The van der Waals surface area contributed by atoms with E-state index in [4.69, 9.17) is 9.47 Å². The quantitative estimate of drug-likeness (QED) is 0.250. The van der Waals surface area contributed by atoms with Crippen molar-refractivity contribution in [1.82, 2.24) is 10.6 Å². The maximum Gasteiger partial charge on any atom is 0.306 e. The Balaban J connectivity index is 3.86. The predicted molar refractivity (Wildman–Crippen MR) is 116 cm³/mol. The van der Waals surface area contributed by atoms with Crippen LogP contribution in [0.5, 0.6) is 0 Å². The lowest BCUT2D eigenvalue weighted by atomic mass is 9.95. The molecule has 174 valence electrons. The minimum Gasteiger partial charge on any atom is -0.481 e. The van der Waals surface area contributed by atoms with Crippen molar-refractivity contribution in [2.24, 2.45) is 5.92 Å². The monoisotopic (exact) mass is 448 g/mol. The van der Waals surface area contributed by atoms with Crippen molar-refractivity contribution < 1.29 is 33.8 Å². The van der Waals surface area contributed by atoms with Crippen LogP contribution in [0.25, 0.3) is 0 Å². The van der Waals surface area contributed by atoms with Gasteiger partial charge in [-0.05, 0) is 25.6 Å². The minimum absolute atomic E-state index is 0.0407. The van der Waals surface area contributed by atoms with Crippen LogP contribution in [0.2, 0.25) is 0 Å². The number of Topliss-reactive ketones (excluding diaryl/α,β-unsaturated/α-hetero) is 1. The molecule has 0 heterocycles. The highest BCUT2D eigenvalue weighted by molar-refractivity contribution is 8.13. The van der Waals surface area contributed by atoms with Gasteiger partial charge in [-0.25, -0.2) is 0 Å². The second-order valence-electron chi connectivity index (χ2n) is 7.12. The van der Waals surface area contributed by atoms with Gasteiger partial charge in [0.25, 0.3) is 0 Å². The number of nitrogens with one attached hydrogen (secondary N) is 2. The largest absolute Gasteiger partial charge is 0.481 e. The molecular formula is C20H36N2O7S. The van der Waals surface area contributed by atoms with Crippen LogP contribution in [0.3, 0.4) is 0 Å². The van der Waals surface area contributed by atoms with Gasteiger partial charge in [0.1, 0.15) is 12.4 Å². The summed E-state index contributed by atoms with van der Waals surface area (Å²) in [7, 11) is 0. The Bertz CT molecular complexity index is 529. The molecule has 0 aromatic rings. The van der Waals surface area contributed by atoms with Crippen molar-refractivity contribution in [2.45, 2.75) is 52.0 Å². The molecule has 0 fully saturated rings. The maximum absolute atomic E-state index is 12.0. The summed E-state index contributed by atoms with van der Waals surface area (Å²) < 4.78 is 10.4. The molecule has 0 radical (unpaired) electrons. The lowest BCUT2D eigenvalue weighted by molar-refractivity contribution is -0.144. The highest BCUT2D eigenvalue weighted by Gasteiger charge is 2.22. The van der Waals surface area contributed by atoms with Gasteiger partial charge >= 0.3 is 5.97 Å². The average Bonchev–Trinajstić information content (AvgIpc) is 2.69. The van der Waals surface area contributed by atoms with Crippen LogP contribution < -0.4 is 10.6 Å². The van der Waals surface area contributed by atoms with E-state index in [1.54, 1.807) is 6.26 Å². The van der Waals surface area contributed by atoms with E-state index in [9.17, 15) is 24.3 Å². The molecule has 0 aromatic carbocycles. The van der Waals surface area contributed by atoms with E-state index in [0.29, 0.717) is 45.2 Å². The first-order valence-electron chi connectivity index (χ1n) is 10.2. The molecule has 3 N–H and O–H groups in total. The first-order chi connectivity index (χ1) is 14.3. The molecule has 1 atom stereocenters. The number of hydrogen-bond acceptors (Lipinski definition) is 8. The van der Waals surface area contributed by atoms with Gasteiger partial charge in [-0.1, -0.05) is 25.6 Å². The first-order valence-corrected chi connectivity index (χ1v) is 11.5. The van der Waals surface area contributed by atoms with Gasteiger partial charge in [-0.3, -0.25) is 19.2 Å². The fourth-order valence-electron chi connectivity index (χ4n) is 2.46. The van der Waals surface area contributed by atoms with Crippen molar-refractivity contribution in [3.05, 3.63) is 0 Å². The number of carboxylic acid groups (broad SMARTS) is 1. The Kier molecular flexibility index (Phi) is 17.4. The number of ketones is 1. The highest BCUT2D eigenvalue weighted by Crippen LogP contribution is 2.14. The van der Waals surface area contributed by atoms with E-state index < -0.39 is 11.9 Å². The number of thioether (sulfide) groups is 1. The molecule has 1 amide bonds. The Morgan fingerprint density at radius 1 is 1.00 bits per heavy atom. The van der Waals surface area contributed by atoms with E-state index >= 15 is 0 Å². The third-order valence-electron chi connectivity index (χ3n) is 4.12. The van der Waals surface area contributed by atoms with Crippen LogP contribution in [0.4, 0.5) is 0 Å². The Hall–Kier alpha value is -1.49. The topological polar surface area (TPSA) is 131 Å². The van der Waals surface area contributed by atoms with Gasteiger partial charge in [0, 0.05) is 31.8 Å². The Labute approximate surface area is 183 Å². The summed E-state index contributed by atoms with van der Waals surface area (Å²) in [6.45, 7) is 5.99. The molecule has 0 bridgehead atoms. The van der Waals surface area contributed by atoms with Gasteiger partial charge in [-0.2, -0.15) is 0 Å². The van der Waals surface area contributed by atoms with Crippen LogP contribution in [-0.2, 0) is 28.7 Å². The van der Waals surface area contributed by atoms with E-state index in [1.165, 1.54) is 0 Å². The maximum atomic E-state index is 12.0. The molecule has 0 aromatic heterocycles. The summed E-state index contributed by atoms with van der Waals surface area (Å²) in [5.74, 6) is -2.28. The average molecular weight is 449 g/mol. The molecule has 0 saturated heterocycles.